The lowest BCUT2D eigenvalue weighted by molar-refractivity contribution is 0.395. The first-order valence-corrected chi connectivity index (χ1v) is 8.99. The summed E-state index contributed by atoms with van der Waals surface area (Å²) in [7, 11) is 0. The fourth-order valence-electron chi connectivity index (χ4n) is 1.85. The molecule has 1 atom stereocenters. The molecule has 0 aliphatic carbocycles. The SMILES string of the molecule is NC(CCSc1cccc(O)c1O)CSc1cccc(O)c1O. The van der Waals surface area contributed by atoms with Crippen LogP contribution in [0.2, 0.25) is 0 Å². The Labute approximate surface area is 143 Å². The second-order valence-electron chi connectivity index (χ2n) is 4.96. The molecule has 0 heterocycles. The van der Waals surface area contributed by atoms with E-state index in [1.807, 2.05) is 0 Å². The van der Waals surface area contributed by atoms with E-state index >= 15 is 0 Å². The zero-order chi connectivity index (χ0) is 16.8. The summed E-state index contributed by atoms with van der Waals surface area (Å²) in [5, 5.41) is 38.3. The van der Waals surface area contributed by atoms with Gasteiger partial charge < -0.3 is 26.2 Å². The van der Waals surface area contributed by atoms with Crippen molar-refractivity contribution in [2.24, 2.45) is 5.73 Å². The van der Waals surface area contributed by atoms with Crippen LogP contribution in [0.15, 0.2) is 46.2 Å². The summed E-state index contributed by atoms with van der Waals surface area (Å²) in [5.74, 6) is 0.801. The molecule has 7 heteroatoms. The van der Waals surface area contributed by atoms with Crippen LogP contribution in [-0.2, 0) is 0 Å². The molecule has 124 valence electrons. The van der Waals surface area contributed by atoms with Crippen molar-refractivity contribution in [2.45, 2.75) is 22.3 Å². The third-order valence-corrected chi connectivity index (χ3v) is 5.47. The Hall–Kier alpha value is -1.70. The van der Waals surface area contributed by atoms with E-state index in [2.05, 4.69) is 0 Å². The summed E-state index contributed by atoms with van der Waals surface area (Å²) in [4.78, 5) is 1.22. The Balaban J connectivity index is 1.78. The Morgan fingerprint density at radius 2 is 1.35 bits per heavy atom. The minimum Gasteiger partial charge on any atom is -0.504 e. The molecule has 0 fully saturated rings. The quantitative estimate of drug-likeness (QED) is 0.384. The van der Waals surface area contributed by atoms with Gasteiger partial charge in [-0.2, -0.15) is 0 Å². The van der Waals surface area contributed by atoms with Crippen LogP contribution in [0, 0.1) is 0 Å². The molecule has 2 rings (SSSR count). The highest BCUT2D eigenvalue weighted by Crippen LogP contribution is 2.37. The average Bonchev–Trinajstić information content (AvgIpc) is 2.53. The predicted molar refractivity (Wildman–Crippen MR) is 93.6 cm³/mol. The van der Waals surface area contributed by atoms with Crippen molar-refractivity contribution in [1.29, 1.82) is 0 Å². The standard InChI is InChI=1S/C16H19NO4S2/c17-10(9-23-14-6-2-4-12(19)16(14)21)7-8-22-13-5-1-3-11(18)15(13)20/h1-6,10,18-21H,7-9,17H2. The zero-order valence-electron chi connectivity index (χ0n) is 12.3. The highest BCUT2D eigenvalue weighted by Gasteiger charge is 2.11. The van der Waals surface area contributed by atoms with Crippen LogP contribution < -0.4 is 5.73 Å². The minimum absolute atomic E-state index is 0.0892. The van der Waals surface area contributed by atoms with Gasteiger partial charge in [0.1, 0.15) is 0 Å². The molecule has 2 aromatic carbocycles. The summed E-state index contributed by atoms with van der Waals surface area (Å²) in [6.45, 7) is 0. The fourth-order valence-corrected chi connectivity index (χ4v) is 3.89. The summed E-state index contributed by atoms with van der Waals surface area (Å²) in [6.07, 6.45) is 0.715. The second-order valence-corrected chi connectivity index (χ2v) is 7.15. The van der Waals surface area contributed by atoms with Crippen molar-refractivity contribution in [3.05, 3.63) is 36.4 Å². The van der Waals surface area contributed by atoms with Crippen LogP contribution in [0.5, 0.6) is 23.0 Å². The van der Waals surface area contributed by atoms with Gasteiger partial charge in [0.2, 0.25) is 0 Å². The molecule has 1 unspecified atom stereocenters. The lowest BCUT2D eigenvalue weighted by Crippen LogP contribution is -2.23. The molecular weight excluding hydrogens is 334 g/mol. The van der Waals surface area contributed by atoms with E-state index in [-0.39, 0.29) is 29.0 Å². The van der Waals surface area contributed by atoms with Gasteiger partial charge in [0.05, 0.1) is 9.79 Å². The Kier molecular flexibility index (Phi) is 6.32. The van der Waals surface area contributed by atoms with Gasteiger partial charge in [0, 0.05) is 11.8 Å². The van der Waals surface area contributed by atoms with E-state index < -0.39 is 0 Å². The molecular formula is C16H19NO4S2. The van der Waals surface area contributed by atoms with Crippen molar-refractivity contribution >= 4 is 23.5 Å². The van der Waals surface area contributed by atoms with Crippen LogP contribution in [0.25, 0.3) is 0 Å². The van der Waals surface area contributed by atoms with Gasteiger partial charge in [-0.3, -0.25) is 0 Å². The van der Waals surface area contributed by atoms with Crippen molar-refractivity contribution in [3.63, 3.8) is 0 Å². The van der Waals surface area contributed by atoms with Gasteiger partial charge in [-0.05, 0) is 36.4 Å². The first kappa shape index (κ1) is 17.7. The Morgan fingerprint density at radius 1 is 0.826 bits per heavy atom. The van der Waals surface area contributed by atoms with Crippen molar-refractivity contribution < 1.29 is 20.4 Å². The Morgan fingerprint density at radius 3 is 1.91 bits per heavy atom. The number of para-hydroxylation sites is 2. The van der Waals surface area contributed by atoms with Crippen LogP contribution in [-0.4, -0.2) is 38.0 Å². The smallest absolute Gasteiger partial charge is 0.171 e. The largest absolute Gasteiger partial charge is 0.504 e. The number of hydrogen-bond donors (Lipinski definition) is 5. The van der Waals surface area contributed by atoms with Gasteiger partial charge in [0.25, 0.3) is 0 Å². The second kappa shape index (κ2) is 8.24. The van der Waals surface area contributed by atoms with Crippen LogP contribution >= 0.6 is 23.5 Å². The normalized spacial score (nSPS) is 12.2. The van der Waals surface area contributed by atoms with E-state index in [0.717, 1.165) is 0 Å². The van der Waals surface area contributed by atoms with Crippen LogP contribution in [0.1, 0.15) is 6.42 Å². The predicted octanol–water partition coefficient (Wildman–Crippen LogP) is 3.11. The number of phenols is 4. The number of thioether (sulfide) groups is 2. The molecule has 0 saturated carbocycles. The van der Waals surface area contributed by atoms with E-state index in [1.165, 1.54) is 35.7 Å². The van der Waals surface area contributed by atoms with E-state index in [1.54, 1.807) is 24.3 Å². The highest BCUT2D eigenvalue weighted by molar-refractivity contribution is 7.99. The minimum atomic E-state index is -0.140. The molecule has 0 bridgehead atoms. The van der Waals surface area contributed by atoms with E-state index in [9.17, 15) is 20.4 Å². The van der Waals surface area contributed by atoms with Gasteiger partial charge in [-0.25, -0.2) is 0 Å². The maximum atomic E-state index is 9.72. The van der Waals surface area contributed by atoms with E-state index in [4.69, 9.17) is 5.73 Å². The third-order valence-electron chi connectivity index (χ3n) is 3.15. The van der Waals surface area contributed by atoms with Crippen molar-refractivity contribution in [2.75, 3.05) is 11.5 Å². The topological polar surface area (TPSA) is 107 Å². The number of benzene rings is 2. The summed E-state index contributed by atoms with van der Waals surface area (Å²) in [5.41, 5.74) is 6.05. The molecule has 0 spiro atoms. The van der Waals surface area contributed by atoms with Crippen LogP contribution in [0.4, 0.5) is 0 Å². The lowest BCUT2D eigenvalue weighted by atomic mass is 10.3. The van der Waals surface area contributed by atoms with Gasteiger partial charge in [-0.15, -0.1) is 23.5 Å². The molecule has 5 nitrogen and oxygen atoms in total. The summed E-state index contributed by atoms with van der Waals surface area (Å²) in [6, 6.07) is 9.59. The molecule has 23 heavy (non-hydrogen) atoms. The molecule has 0 aliphatic rings. The fraction of sp³-hybridized carbons (Fsp3) is 0.250. The molecule has 0 amide bonds. The zero-order valence-corrected chi connectivity index (χ0v) is 14.0. The maximum Gasteiger partial charge on any atom is 0.171 e. The summed E-state index contributed by atoms with van der Waals surface area (Å²) >= 11 is 2.82. The third kappa shape index (κ3) is 4.89. The van der Waals surface area contributed by atoms with Crippen molar-refractivity contribution in [3.8, 4) is 23.0 Å². The van der Waals surface area contributed by atoms with Gasteiger partial charge in [0.15, 0.2) is 23.0 Å². The Bertz CT molecular complexity index is 667. The number of hydrogen-bond acceptors (Lipinski definition) is 7. The first-order valence-electron chi connectivity index (χ1n) is 7.02. The average molecular weight is 353 g/mol. The molecule has 2 aromatic rings. The van der Waals surface area contributed by atoms with Crippen LogP contribution in [0.3, 0.4) is 0 Å². The lowest BCUT2D eigenvalue weighted by Gasteiger charge is -2.12. The highest BCUT2D eigenvalue weighted by atomic mass is 32.2. The molecule has 0 aliphatic heterocycles. The molecule has 0 radical (unpaired) electrons. The first-order chi connectivity index (χ1) is 11.0. The number of rotatable bonds is 7. The molecule has 6 N–H and O–H groups in total. The monoisotopic (exact) mass is 353 g/mol. The molecule has 0 saturated heterocycles. The number of aromatic hydroxyl groups is 4. The van der Waals surface area contributed by atoms with Gasteiger partial charge >= 0.3 is 0 Å². The van der Waals surface area contributed by atoms with E-state index in [0.29, 0.717) is 27.7 Å². The number of phenolic OH excluding ortho intramolecular Hbond substituents is 4. The maximum absolute atomic E-state index is 9.72. The van der Waals surface area contributed by atoms with Gasteiger partial charge in [-0.1, -0.05) is 12.1 Å². The molecule has 0 aromatic heterocycles. The van der Waals surface area contributed by atoms with Crippen molar-refractivity contribution in [1.82, 2.24) is 0 Å². The number of nitrogens with two attached hydrogens (primary N) is 1. The summed E-state index contributed by atoms with van der Waals surface area (Å²) < 4.78 is 0.